The fourth-order valence-electron chi connectivity index (χ4n) is 2.73. The van der Waals surface area contributed by atoms with Crippen molar-refractivity contribution in [2.75, 3.05) is 5.32 Å². The van der Waals surface area contributed by atoms with Gasteiger partial charge < -0.3 is 10.4 Å². The zero-order valence-corrected chi connectivity index (χ0v) is 12.8. The molecule has 0 bridgehead atoms. The zero-order valence-electron chi connectivity index (χ0n) is 12.0. The summed E-state index contributed by atoms with van der Waals surface area (Å²) in [5, 5.41) is 12.6. The van der Waals surface area contributed by atoms with Crippen LogP contribution in [0.1, 0.15) is 59.3 Å². The number of aryl methyl sites for hydroxylation is 1. The highest BCUT2D eigenvalue weighted by Crippen LogP contribution is 2.33. The van der Waals surface area contributed by atoms with Crippen LogP contribution in [0.5, 0.6) is 0 Å². The summed E-state index contributed by atoms with van der Waals surface area (Å²) in [4.78, 5) is 24.6. The Morgan fingerprint density at radius 2 is 1.75 bits per heavy atom. The lowest BCUT2D eigenvalue weighted by Gasteiger charge is -2.13. The quantitative estimate of drug-likeness (QED) is 0.829. The molecule has 0 saturated heterocycles. The minimum absolute atomic E-state index is 0.0179. The molecule has 1 fully saturated rings. The number of thiophene rings is 1. The van der Waals surface area contributed by atoms with Crippen molar-refractivity contribution in [1.82, 2.24) is 0 Å². The number of hydrogen-bond acceptors (Lipinski definition) is 3. The molecule has 0 aliphatic heterocycles. The SMILES string of the molecule is Cc1sc(NC(=O)C2CCCCCC2)c(C(=O)O)c1C. The van der Waals surface area contributed by atoms with Gasteiger partial charge in [0.25, 0.3) is 0 Å². The summed E-state index contributed by atoms with van der Waals surface area (Å²) in [6.45, 7) is 3.67. The molecule has 1 aromatic rings. The molecule has 0 atom stereocenters. The summed E-state index contributed by atoms with van der Waals surface area (Å²) in [7, 11) is 0. The van der Waals surface area contributed by atoms with Crippen LogP contribution in [0.4, 0.5) is 5.00 Å². The average molecular weight is 295 g/mol. The molecule has 1 saturated carbocycles. The maximum absolute atomic E-state index is 12.3. The van der Waals surface area contributed by atoms with Gasteiger partial charge in [-0.2, -0.15) is 0 Å². The van der Waals surface area contributed by atoms with Crippen molar-refractivity contribution < 1.29 is 14.7 Å². The predicted octanol–water partition coefficient (Wildman–Crippen LogP) is 3.97. The lowest BCUT2D eigenvalue weighted by atomic mass is 9.99. The molecule has 0 radical (unpaired) electrons. The molecule has 0 aromatic carbocycles. The maximum Gasteiger partial charge on any atom is 0.338 e. The molecular formula is C15H21NO3S. The van der Waals surface area contributed by atoms with Gasteiger partial charge in [-0.25, -0.2) is 4.79 Å². The van der Waals surface area contributed by atoms with Crippen LogP contribution < -0.4 is 5.32 Å². The summed E-state index contributed by atoms with van der Waals surface area (Å²) in [6, 6.07) is 0. The van der Waals surface area contributed by atoms with Gasteiger partial charge in [0.2, 0.25) is 5.91 Å². The van der Waals surface area contributed by atoms with Crippen LogP contribution in [0.2, 0.25) is 0 Å². The van der Waals surface area contributed by atoms with Crippen molar-refractivity contribution in [3.8, 4) is 0 Å². The first-order chi connectivity index (χ1) is 9.50. The van der Waals surface area contributed by atoms with E-state index in [1.54, 1.807) is 6.92 Å². The molecule has 20 heavy (non-hydrogen) atoms. The summed E-state index contributed by atoms with van der Waals surface area (Å²) in [5.74, 6) is -0.958. The number of rotatable bonds is 3. The summed E-state index contributed by atoms with van der Waals surface area (Å²) in [6.07, 6.45) is 6.40. The van der Waals surface area contributed by atoms with Gasteiger partial charge >= 0.3 is 5.97 Å². The molecule has 0 unspecified atom stereocenters. The molecule has 0 spiro atoms. The van der Waals surface area contributed by atoms with Crippen LogP contribution >= 0.6 is 11.3 Å². The molecule has 1 aliphatic carbocycles. The second-order valence-electron chi connectivity index (χ2n) is 5.47. The number of carboxylic acid groups (broad SMARTS) is 1. The van der Waals surface area contributed by atoms with Crippen LogP contribution in [-0.2, 0) is 4.79 Å². The van der Waals surface area contributed by atoms with Crippen molar-refractivity contribution in [3.63, 3.8) is 0 Å². The number of carbonyl (C=O) groups excluding carboxylic acids is 1. The molecule has 1 aromatic heterocycles. The number of amides is 1. The lowest BCUT2D eigenvalue weighted by Crippen LogP contribution is -2.22. The Bertz CT molecular complexity index is 513. The topological polar surface area (TPSA) is 66.4 Å². The van der Waals surface area contributed by atoms with E-state index in [0.29, 0.717) is 5.00 Å². The van der Waals surface area contributed by atoms with Gasteiger partial charge in [-0.15, -0.1) is 11.3 Å². The standard InChI is InChI=1S/C15H21NO3S/c1-9-10(2)20-14(12(9)15(18)19)16-13(17)11-7-5-3-4-6-8-11/h11H,3-8H2,1-2H3,(H,16,17)(H,18,19). The third-order valence-electron chi connectivity index (χ3n) is 4.06. The van der Waals surface area contributed by atoms with Gasteiger partial charge in [0.05, 0.1) is 5.56 Å². The lowest BCUT2D eigenvalue weighted by molar-refractivity contribution is -0.120. The molecule has 5 heteroatoms. The minimum atomic E-state index is -0.969. The summed E-state index contributed by atoms with van der Waals surface area (Å²) < 4.78 is 0. The van der Waals surface area contributed by atoms with E-state index in [9.17, 15) is 14.7 Å². The normalized spacial score (nSPS) is 16.7. The zero-order chi connectivity index (χ0) is 14.7. The largest absolute Gasteiger partial charge is 0.478 e. The van der Waals surface area contributed by atoms with Gasteiger partial charge in [0, 0.05) is 10.8 Å². The molecule has 110 valence electrons. The van der Waals surface area contributed by atoms with E-state index in [1.165, 1.54) is 24.2 Å². The van der Waals surface area contributed by atoms with E-state index in [1.807, 2.05) is 6.92 Å². The van der Waals surface area contributed by atoms with Crippen molar-refractivity contribution in [2.24, 2.45) is 5.92 Å². The van der Waals surface area contributed by atoms with Crippen LogP contribution in [0, 0.1) is 19.8 Å². The molecule has 1 amide bonds. The molecule has 1 heterocycles. The smallest absolute Gasteiger partial charge is 0.338 e. The Morgan fingerprint density at radius 1 is 1.15 bits per heavy atom. The van der Waals surface area contributed by atoms with E-state index < -0.39 is 5.97 Å². The molecule has 1 aliphatic rings. The number of aromatic carboxylic acids is 1. The first-order valence-corrected chi connectivity index (χ1v) is 7.96. The molecule has 4 nitrogen and oxygen atoms in total. The van der Waals surface area contributed by atoms with Gasteiger partial charge in [0.1, 0.15) is 5.00 Å². The second kappa shape index (κ2) is 6.39. The van der Waals surface area contributed by atoms with Crippen molar-refractivity contribution in [3.05, 3.63) is 16.0 Å². The maximum atomic E-state index is 12.3. The average Bonchev–Trinajstić information content (AvgIpc) is 2.61. The van der Waals surface area contributed by atoms with Gasteiger partial charge in [-0.3, -0.25) is 4.79 Å². The highest BCUT2D eigenvalue weighted by atomic mass is 32.1. The Hall–Kier alpha value is -1.36. The number of nitrogens with one attached hydrogen (secondary N) is 1. The first-order valence-electron chi connectivity index (χ1n) is 7.15. The Morgan fingerprint density at radius 3 is 2.30 bits per heavy atom. The Labute approximate surface area is 123 Å². The van der Waals surface area contributed by atoms with E-state index >= 15 is 0 Å². The van der Waals surface area contributed by atoms with Crippen LogP contribution in [0.15, 0.2) is 0 Å². The van der Waals surface area contributed by atoms with Gasteiger partial charge in [-0.05, 0) is 32.3 Å². The monoisotopic (exact) mass is 295 g/mol. The fraction of sp³-hybridized carbons (Fsp3) is 0.600. The van der Waals surface area contributed by atoms with Crippen molar-refractivity contribution in [2.45, 2.75) is 52.4 Å². The summed E-state index contributed by atoms with van der Waals surface area (Å²) >= 11 is 1.35. The predicted molar refractivity (Wildman–Crippen MR) is 80.6 cm³/mol. The van der Waals surface area contributed by atoms with E-state index in [0.717, 1.165) is 36.1 Å². The van der Waals surface area contributed by atoms with E-state index in [4.69, 9.17) is 0 Å². The van der Waals surface area contributed by atoms with Crippen molar-refractivity contribution in [1.29, 1.82) is 0 Å². The number of anilines is 1. The Balaban J connectivity index is 2.15. The first kappa shape index (κ1) is 15.0. The third-order valence-corrected chi connectivity index (χ3v) is 5.18. The second-order valence-corrected chi connectivity index (χ2v) is 6.70. The molecule has 2 N–H and O–H groups in total. The third kappa shape index (κ3) is 3.20. The summed E-state index contributed by atoms with van der Waals surface area (Å²) in [5.41, 5.74) is 0.994. The fourth-order valence-corrected chi connectivity index (χ4v) is 3.78. The van der Waals surface area contributed by atoms with E-state index in [2.05, 4.69) is 5.32 Å². The molecular weight excluding hydrogens is 274 g/mol. The minimum Gasteiger partial charge on any atom is -0.478 e. The highest BCUT2D eigenvalue weighted by molar-refractivity contribution is 7.16. The highest BCUT2D eigenvalue weighted by Gasteiger charge is 2.24. The number of carboxylic acids is 1. The molecule has 2 rings (SSSR count). The van der Waals surface area contributed by atoms with Gasteiger partial charge in [-0.1, -0.05) is 25.7 Å². The Kier molecular flexibility index (Phi) is 4.81. The van der Waals surface area contributed by atoms with E-state index in [-0.39, 0.29) is 17.4 Å². The van der Waals surface area contributed by atoms with Crippen LogP contribution in [-0.4, -0.2) is 17.0 Å². The van der Waals surface area contributed by atoms with Crippen LogP contribution in [0.25, 0.3) is 0 Å². The van der Waals surface area contributed by atoms with Crippen molar-refractivity contribution >= 4 is 28.2 Å². The number of hydrogen-bond donors (Lipinski definition) is 2. The number of carbonyl (C=O) groups is 2. The van der Waals surface area contributed by atoms with Gasteiger partial charge in [0.15, 0.2) is 0 Å². The van der Waals surface area contributed by atoms with Crippen LogP contribution in [0.3, 0.4) is 0 Å².